The van der Waals surface area contributed by atoms with Crippen molar-refractivity contribution in [3.63, 3.8) is 0 Å². The zero-order valence-corrected chi connectivity index (χ0v) is 14.3. The molecule has 0 radical (unpaired) electrons. The number of hydrogen-bond acceptors (Lipinski definition) is 7. The number of hydrogen-bond donors (Lipinski definition) is 3. The molecule has 0 bridgehead atoms. The highest BCUT2D eigenvalue weighted by Gasteiger charge is 2.35. The smallest absolute Gasteiger partial charge is 0.224 e. The Balaban J connectivity index is 1.44. The maximum Gasteiger partial charge on any atom is 0.224 e. The van der Waals surface area contributed by atoms with Crippen molar-refractivity contribution in [3.8, 4) is 0 Å². The minimum absolute atomic E-state index is 0.0673. The van der Waals surface area contributed by atoms with Gasteiger partial charge in [-0.15, -0.1) is 0 Å². The first-order valence-corrected chi connectivity index (χ1v) is 8.67. The van der Waals surface area contributed by atoms with E-state index in [2.05, 4.69) is 15.0 Å². The molecular weight excluding hydrogens is 332 g/mol. The Kier molecular flexibility index (Phi) is 4.44. The van der Waals surface area contributed by atoms with Crippen LogP contribution in [0.4, 0.5) is 11.8 Å². The van der Waals surface area contributed by atoms with E-state index in [0.29, 0.717) is 30.8 Å². The lowest BCUT2D eigenvalue weighted by atomic mass is 10.1. The van der Waals surface area contributed by atoms with Crippen LogP contribution in [-0.4, -0.2) is 37.3 Å². The summed E-state index contributed by atoms with van der Waals surface area (Å²) in [6, 6.07) is 10.1. The molecule has 26 heavy (non-hydrogen) atoms. The summed E-state index contributed by atoms with van der Waals surface area (Å²) in [5.41, 5.74) is 13.9. The van der Waals surface area contributed by atoms with Crippen molar-refractivity contribution in [2.24, 2.45) is 5.92 Å². The van der Waals surface area contributed by atoms with Gasteiger partial charge in [0, 0.05) is 12.0 Å². The number of nitrogens with zero attached hydrogens (tertiary/aromatic N) is 4. The molecule has 0 aliphatic heterocycles. The summed E-state index contributed by atoms with van der Waals surface area (Å²) in [7, 11) is 0. The summed E-state index contributed by atoms with van der Waals surface area (Å²) >= 11 is 0. The van der Waals surface area contributed by atoms with Gasteiger partial charge in [0.1, 0.15) is 5.52 Å². The lowest BCUT2D eigenvalue weighted by molar-refractivity contribution is 0.0367. The number of aliphatic hydroxyl groups excluding tert-OH is 1. The average molecular weight is 354 g/mol. The number of anilines is 2. The molecule has 136 valence electrons. The second-order valence-electron chi connectivity index (χ2n) is 6.74. The number of ether oxygens (including phenoxy) is 1. The average Bonchev–Trinajstić information content (AvgIpc) is 3.20. The molecule has 3 atom stereocenters. The van der Waals surface area contributed by atoms with Crippen LogP contribution in [0, 0.1) is 5.92 Å². The first-order chi connectivity index (χ1) is 12.6. The van der Waals surface area contributed by atoms with E-state index in [1.807, 2.05) is 34.9 Å². The van der Waals surface area contributed by atoms with Gasteiger partial charge < -0.3 is 25.9 Å². The van der Waals surface area contributed by atoms with Gasteiger partial charge in [0.15, 0.2) is 11.5 Å². The Morgan fingerprint density at radius 1 is 1.15 bits per heavy atom. The maximum atomic E-state index is 10.4. The molecule has 8 nitrogen and oxygen atoms in total. The van der Waals surface area contributed by atoms with Gasteiger partial charge in [-0.2, -0.15) is 9.97 Å². The van der Waals surface area contributed by atoms with Crippen LogP contribution in [0.25, 0.3) is 11.2 Å². The second-order valence-corrected chi connectivity index (χ2v) is 6.74. The third-order valence-electron chi connectivity index (χ3n) is 4.94. The predicted molar refractivity (Wildman–Crippen MR) is 98.0 cm³/mol. The Hall–Kier alpha value is -2.71. The summed E-state index contributed by atoms with van der Waals surface area (Å²) in [4.78, 5) is 12.5. The van der Waals surface area contributed by atoms with Crippen molar-refractivity contribution in [3.05, 3.63) is 42.2 Å². The van der Waals surface area contributed by atoms with Gasteiger partial charge in [-0.05, 0) is 18.4 Å². The molecular formula is C18H22N6O2. The van der Waals surface area contributed by atoms with Crippen molar-refractivity contribution in [2.75, 3.05) is 18.1 Å². The molecule has 1 aromatic carbocycles. The Morgan fingerprint density at radius 2 is 1.96 bits per heavy atom. The van der Waals surface area contributed by atoms with Crippen molar-refractivity contribution in [1.29, 1.82) is 0 Å². The lowest BCUT2D eigenvalue weighted by Crippen LogP contribution is -2.18. The zero-order valence-electron chi connectivity index (χ0n) is 14.3. The highest BCUT2D eigenvalue weighted by atomic mass is 16.5. The van der Waals surface area contributed by atoms with E-state index < -0.39 is 6.10 Å². The third kappa shape index (κ3) is 3.21. The highest BCUT2D eigenvalue weighted by Crippen LogP contribution is 2.37. The van der Waals surface area contributed by atoms with Gasteiger partial charge in [0.25, 0.3) is 0 Å². The largest absolute Gasteiger partial charge is 0.393 e. The quantitative estimate of drug-likeness (QED) is 0.634. The van der Waals surface area contributed by atoms with Crippen LogP contribution < -0.4 is 11.5 Å². The number of benzene rings is 1. The van der Waals surface area contributed by atoms with Crippen LogP contribution in [0.2, 0.25) is 0 Å². The number of nitrogens with two attached hydrogens (primary N) is 2. The van der Waals surface area contributed by atoms with E-state index in [4.69, 9.17) is 16.2 Å². The molecule has 2 aromatic heterocycles. The van der Waals surface area contributed by atoms with Crippen LogP contribution in [0.3, 0.4) is 0 Å². The monoisotopic (exact) mass is 354 g/mol. The van der Waals surface area contributed by atoms with Crippen molar-refractivity contribution >= 4 is 22.9 Å². The SMILES string of the molecule is Nc1nc(N)c2ncn([C@@H]3C[C@H](COCc4ccccc4)[C@@H](O)C3)c2n1. The predicted octanol–water partition coefficient (Wildman–Crippen LogP) is 1.52. The highest BCUT2D eigenvalue weighted by molar-refractivity contribution is 5.82. The topological polar surface area (TPSA) is 125 Å². The molecule has 4 rings (SSSR count). The van der Waals surface area contributed by atoms with Gasteiger partial charge in [0.05, 0.1) is 25.6 Å². The molecule has 8 heteroatoms. The molecule has 1 fully saturated rings. The molecule has 1 aliphatic rings. The number of imidazole rings is 1. The number of nitrogen functional groups attached to an aromatic ring is 2. The van der Waals surface area contributed by atoms with Crippen LogP contribution in [0.1, 0.15) is 24.4 Å². The van der Waals surface area contributed by atoms with Gasteiger partial charge in [0.2, 0.25) is 5.95 Å². The Labute approximate surface area is 150 Å². The third-order valence-corrected chi connectivity index (χ3v) is 4.94. The molecule has 2 heterocycles. The maximum absolute atomic E-state index is 10.4. The van der Waals surface area contributed by atoms with Gasteiger partial charge in [-0.1, -0.05) is 30.3 Å². The summed E-state index contributed by atoms with van der Waals surface area (Å²) in [6.45, 7) is 1.06. The van der Waals surface area contributed by atoms with Crippen molar-refractivity contribution in [2.45, 2.75) is 31.6 Å². The first-order valence-electron chi connectivity index (χ1n) is 8.67. The first kappa shape index (κ1) is 16.7. The number of fused-ring (bicyclic) bond motifs is 1. The molecule has 1 saturated carbocycles. The fraction of sp³-hybridized carbons (Fsp3) is 0.389. The molecule has 0 spiro atoms. The van der Waals surface area contributed by atoms with Crippen LogP contribution in [-0.2, 0) is 11.3 Å². The summed E-state index contributed by atoms with van der Waals surface area (Å²) < 4.78 is 7.75. The van der Waals surface area contributed by atoms with Gasteiger partial charge >= 0.3 is 0 Å². The summed E-state index contributed by atoms with van der Waals surface area (Å²) in [6.07, 6.45) is 2.67. The minimum atomic E-state index is -0.426. The van der Waals surface area contributed by atoms with Crippen molar-refractivity contribution < 1.29 is 9.84 Å². The summed E-state index contributed by atoms with van der Waals surface area (Å²) in [5, 5.41) is 10.4. The second kappa shape index (κ2) is 6.89. The van der Waals surface area contributed by atoms with E-state index in [1.165, 1.54) is 0 Å². The van der Waals surface area contributed by atoms with E-state index in [1.54, 1.807) is 6.33 Å². The lowest BCUT2D eigenvalue weighted by Gasteiger charge is -2.14. The zero-order chi connectivity index (χ0) is 18.1. The molecule has 0 amide bonds. The Bertz CT molecular complexity index is 897. The van der Waals surface area contributed by atoms with E-state index in [0.717, 1.165) is 12.0 Å². The van der Waals surface area contributed by atoms with Crippen LogP contribution >= 0.6 is 0 Å². The molecule has 5 N–H and O–H groups in total. The summed E-state index contributed by atoms with van der Waals surface area (Å²) in [5.74, 6) is 0.461. The Morgan fingerprint density at radius 3 is 2.77 bits per heavy atom. The van der Waals surface area contributed by atoms with E-state index in [9.17, 15) is 5.11 Å². The number of rotatable bonds is 5. The van der Waals surface area contributed by atoms with Gasteiger partial charge in [-0.3, -0.25) is 0 Å². The standard InChI is InChI=1S/C18H22N6O2/c19-16-15-17(23-18(20)22-16)24(10-21-15)13-6-12(14(25)7-13)9-26-8-11-4-2-1-3-5-11/h1-5,10,12-14,25H,6-9H2,(H4,19,20,22,23)/t12-,13-,14+/m1/s1. The van der Waals surface area contributed by atoms with E-state index >= 15 is 0 Å². The minimum Gasteiger partial charge on any atom is -0.393 e. The van der Waals surface area contributed by atoms with Crippen LogP contribution in [0.15, 0.2) is 36.7 Å². The normalized spacial score (nSPS) is 22.9. The number of aliphatic hydroxyl groups is 1. The molecule has 1 aliphatic carbocycles. The fourth-order valence-corrected chi connectivity index (χ4v) is 3.61. The molecule has 3 aromatic rings. The van der Waals surface area contributed by atoms with Gasteiger partial charge in [-0.25, -0.2) is 4.98 Å². The fourth-order valence-electron chi connectivity index (χ4n) is 3.61. The molecule has 0 unspecified atom stereocenters. The van der Waals surface area contributed by atoms with E-state index in [-0.39, 0.29) is 23.7 Å². The van der Waals surface area contributed by atoms with Crippen molar-refractivity contribution in [1.82, 2.24) is 19.5 Å². The molecule has 0 saturated heterocycles. The number of aromatic nitrogens is 4. The van der Waals surface area contributed by atoms with Crippen LogP contribution in [0.5, 0.6) is 0 Å².